The highest BCUT2D eigenvalue weighted by Gasteiger charge is 2.45. The van der Waals surface area contributed by atoms with E-state index in [2.05, 4.69) is 26.8 Å². The first kappa shape index (κ1) is 20.0. The second kappa shape index (κ2) is 7.86. The second-order valence-electron chi connectivity index (χ2n) is 7.94. The summed E-state index contributed by atoms with van der Waals surface area (Å²) in [4.78, 5) is 16.1. The van der Waals surface area contributed by atoms with Crippen molar-refractivity contribution >= 4 is 46.6 Å². The number of hydrogen-bond donors (Lipinski definition) is 2. The van der Waals surface area contributed by atoms with E-state index in [1.54, 1.807) is 18.5 Å². The quantitative estimate of drug-likeness (QED) is 0.691. The normalized spacial score (nSPS) is 24.1. The molecule has 0 bridgehead atoms. The van der Waals surface area contributed by atoms with E-state index in [9.17, 15) is 0 Å². The zero-order valence-corrected chi connectivity index (χ0v) is 18.1. The molecular formula is C19H24Cl2N6S. The van der Waals surface area contributed by atoms with Gasteiger partial charge in [0.05, 0.1) is 11.2 Å². The fraction of sp³-hybridized carbons (Fsp3) is 0.526. The van der Waals surface area contributed by atoms with E-state index < -0.39 is 0 Å². The van der Waals surface area contributed by atoms with E-state index in [4.69, 9.17) is 34.7 Å². The molecule has 1 aliphatic heterocycles. The molecule has 0 aromatic carbocycles. The molecule has 0 unspecified atom stereocenters. The summed E-state index contributed by atoms with van der Waals surface area (Å²) in [7, 11) is 0. The van der Waals surface area contributed by atoms with E-state index in [1.165, 1.54) is 18.2 Å². The van der Waals surface area contributed by atoms with Crippen LogP contribution in [0.2, 0.25) is 10.2 Å². The van der Waals surface area contributed by atoms with Crippen molar-refractivity contribution in [3.05, 3.63) is 28.6 Å². The highest BCUT2D eigenvalue weighted by atomic mass is 35.5. The number of halogens is 2. The molecule has 0 amide bonds. The highest BCUT2D eigenvalue weighted by molar-refractivity contribution is 7.99. The Morgan fingerprint density at radius 1 is 1.25 bits per heavy atom. The number of pyridine rings is 1. The molecule has 9 heteroatoms. The van der Waals surface area contributed by atoms with Gasteiger partial charge in [-0.2, -0.15) is 0 Å². The number of nitrogen functional groups attached to an aromatic ring is 1. The lowest BCUT2D eigenvalue weighted by molar-refractivity contribution is 0.193. The summed E-state index contributed by atoms with van der Waals surface area (Å²) in [5, 5.41) is 1.26. The van der Waals surface area contributed by atoms with Crippen LogP contribution in [0.25, 0.3) is 0 Å². The van der Waals surface area contributed by atoms with Crippen molar-refractivity contribution in [1.29, 1.82) is 0 Å². The molecule has 2 aromatic rings. The molecular weight excluding hydrogens is 415 g/mol. The van der Waals surface area contributed by atoms with Crippen molar-refractivity contribution in [2.45, 2.75) is 48.6 Å². The summed E-state index contributed by atoms with van der Waals surface area (Å²) >= 11 is 13.5. The van der Waals surface area contributed by atoms with E-state index in [1.807, 2.05) is 0 Å². The summed E-state index contributed by atoms with van der Waals surface area (Å²) in [6.07, 6.45) is 7.96. The topological polar surface area (TPSA) is 94.0 Å². The molecule has 150 valence electrons. The summed E-state index contributed by atoms with van der Waals surface area (Å²) in [5.74, 6) is 1.93. The summed E-state index contributed by atoms with van der Waals surface area (Å²) in [6, 6.07) is 2.10. The van der Waals surface area contributed by atoms with Crippen molar-refractivity contribution in [2.75, 3.05) is 23.7 Å². The van der Waals surface area contributed by atoms with Crippen molar-refractivity contribution in [2.24, 2.45) is 17.1 Å². The Labute approximate surface area is 179 Å². The van der Waals surface area contributed by atoms with Crippen molar-refractivity contribution < 1.29 is 0 Å². The third kappa shape index (κ3) is 3.77. The van der Waals surface area contributed by atoms with Crippen molar-refractivity contribution in [1.82, 2.24) is 15.0 Å². The highest BCUT2D eigenvalue weighted by Crippen LogP contribution is 2.48. The Morgan fingerprint density at radius 3 is 2.64 bits per heavy atom. The average Bonchev–Trinajstić information content (AvgIpc) is 2.94. The molecule has 6 nitrogen and oxygen atoms in total. The number of anilines is 2. The van der Waals surface area contributed by atoms with Crippen LogP contribution in [0, 0.1) is 11.3 Å². The molecule has 4 N–H and O–H groups in total. The molecule has 28 heavy (non-hydrogen) atoms. The Kier molecular flexibility index (Phi) is 5.62. The summed E-state index contributed by atoms with van der Waals surface area (Å²) in [6.45, 7) is 4.19. The number of nitrogens with zero attached hydrogens (tertiary/aromatic N) is 4. The van der Waals surface area contributed by atoms with E-state index in [0.29, 0.717) is 27.3 Å². The van der Waals surface area contributed by atoms with Gasteiger partial charge < -0.3 is 16.4 Å². The van der Waals surface area contributed by atoms with Crippen LogP contribution in [0.15, 0.2) is 28.4 Å². The van der Waals surface area contributed by atoms with Crippen LogP contribution >= 0.6 is 35.0 Å². The summed E-state index contributed by atoms with van der Waals surface area (Å²) < 4.78 is 0. The Morgan fingerprint density at radius 2 is 2.00 bits per heavy atom. The van der Waals surface area contributed by atoms with E-state index >= 15 is 0 Å². The standard InChI is InChI=1S/C19H24Cl2N6S/c1-11-8-13(22)19(9-11)3-6-27(7-4-19)14-10-25-18(17(23)26-14)28-12-2-5-24-16(21)15(12)20/h2,5,10-11,13H,3-4,6-9,22H2,1H3,(H2,23,26)/t11-,13+/m0/s1. The Bertz CT molecular complexity index is 871. The molecule has 2 aliphatic rings. The maximum absolute atomic E-state index is 6.47. The van der Waals surface area contributed by atoms with Gasteiger partial charge in [0, 0.05) is 30.2 Å². The van der Waals surface area contributed by atoms with Gasteiger partial charge in [-0.3, -0.25) is 0 Å². The lowest BCUT2D eigenvalue weighted by Gasteiger charge is -2.42. The fourth-order valence-electron chi connectivity index (χ4n) is 4.57. The molecule has 3 heterocycles. The Hall–Kier alpha value is -1.28. The predicted molar refractivity (Wildman–Crippen MR) is 115 cm³/mol. The van der Waals surface area contributed by atoms with Gasteiger partial charge in [0.1, 0.15) is 16.0 Å². The van der Waals surface area contributed by atoms with Gasteiger partial charge in [0.25, 0.3) is 0 Å². The number of rotatable bonds is 3. The van der Waals surface area contributed by atoms with Crippen LogP contribution in [0.3, 0.4) is 0 Å². The first-order valence-corrected chi connectivity index (χ1v) is 11.1. The molecule has 1 saturated carbocycles. The van der Waals surface area contributed by atoms with Crippen LogP contribution in [-0.2, 0) is 0 Å². The molecule has 1 saturated heterocycles. The number of hydrogen-bond acceptors (Lipinski definition) is 7. The van der Waals surface area contributed by atoms with Crippen LogP contribution in [-0.4, -0.2) is 34.1 Å². The molecule has 1 aliphatic carbocycles. The van der Waals surface area contributed by atoms with Crippen LogP contribution < -0.4 is 16.4 Å². The predicted octanol–water partition coefficient (Wildman–Crippen LogP) is 4.26. The van der Waals surface area contributed by atoms with Gasteiger partial charge in [-0.05, 0) is 43.1 Å². The smallest absolute Gasteiger partial charge is 0.158 e. The van der Waals surface area contributed by atoms with E-state index in [-0.39, 0.29) is 5.15 Å². The summed E-state index contributed by atoms with van der Waals surface area (Å²) in [5.41, 5.74) is 12.9. The monoisotopic (exact) mass is 438 g/mol. The average molecular weight is 439 g/mol. The zero-order chi connectivity index (χ0) is 19.9. The number of nitrogens with two attached hydrogens (primary N) is 2. The van der Waals surface area contributed by atoms with Crippen LogP contribution in [0.4, 0.5) is 11.6 Å². The fourth-order valence-corrected chi connectivity index (χ4v) is 5.79. The zero-order valence-electron chi connectivity index (χ0n) is 15.7. The first-order chi connectivity index (χ1) is 13.4. The minimum Gasteiger partial charge on any atom is -0.381 e. The van der Waals surface area contributed by atoms with Crippen molar-refractivity contribution in [3.63, 3.8) is 0 Å². The molecule has 2 atom stereocenters. The van der Waals surface area contributed by atoms with E-state index in [0.717, 1.165) is 49.0 Å². The Balaban J connectivity index is 1.46. The minimum atomic E-state index is 0.261. The lowest BCUT2D eigenvalue weighted by atomic mass is 9.74. The van der Waals surface area contributed by atoms with Gasteiger partial charge in [-0.25, -0.2) is 15.0 Å². The third-order valence-electron chi connectivity index (χ3n) is 6.05. The SMILES string of the molecule is C[C@H]1C[C@@H](N)C2(CCN(c3cnc(Sc4ccnc(Cl)c4Cl)c(N)n3)CC2)C1. The van der Waals surface area contributed by atoms with Crippen LogP contribution in [0.5, 0.6) is 0 Å². The maximum atomic E-state index is 6.47. The van der Waals surface area contributed by atoms with Crippen molar-refractivity contribution in [3.8, 4) is 0 Å². The van der Waals surface area contributed by atoms with Gasteiger partial charge in [0.15, 0.2) is 5.82 Å². The van der Waals surface area contributed by atoms with Crippen LogP contribution in [0.1, 0.15) is 32.6 Å². The lowest BCUT2D eigenvalue weighted by Crippen LogP contribution is -2.47. The van der Waals surface area contributed by atoms with Gasteiger partial charge in [0.2, 0.25) is 0 Å². The maximum Gasteiger partial charge on any atom is 0.158 e. The number of piperidine rings is 1. The number of aromatic nitrogens is 3. The first-order valence-electron chi connectivity index (χ1n) is 9.49. The molecule has 2 aromatic heterocycles. The molecule has 2 fully saturated rings. The molecule has 4 rings (SSSR count). The molecule has 0 radical (unpaired) electrons. The largest absolute Gasteiger partial charge is 0.381 e. The second-order valence-corrected chi connectivity index (χ2v) is 9.70. The third-order valence-corrected chi connectivity index (χ3v) is 8.00. The molecule has 1 spiro atoms. The van der Waals surface area contributed by atoms with Gasteiger partial charge >= 0.3 is 0 Å². The van der Waals surface area contributed by atoms with Gasteiger partial charge in [-0.1, -0.05) is 41.9 Å². The minimum absolute atomic E-state index is 0.261. The van der Waals surface area contributed by atoms with Gasteiger partial charge in [-0.15, -0.1) is 0 Å².